The summed E-state index contributed by atoms with van der Waals surface area (Å²) in [6.07, 6.45) is 0.472. The van der Waals surface area contributed by atoms with E-state index in [1.54, 1.807) is 11.3 Å². The number of carbonyl (C=O) groups is 1. The van der Waals surface area contributed by atoms with Crippen LogP contribution in [0.3, 0.4) is 0 Å². The van der Waals surface area contributed by atoms with E-state index in [-0.39, 0.29) is 11.9 Å². The van der Waals surface area contributed by atoms with E-state index in [1.165, 1.54) is 0 Å². The first kappa shape index (κ1) is 8.82. The second kappa shape index (κ2) is 3.29. The Balaban J connectivity index is 2.01. The smallest absolute Gasteiger partial charge is 0.236 e. The average Bonchev–Trinajstić information content (AvgIpc) is 2.82. The summed E-state index contributed by atoms with van der Waals surface area (Å²) >= 11 is 1.63. The molecule has 0 spiro atoms. The van der Waals surface area contributed by atoms with Gasteiger partial charge in [-0.2, -0.15) is 0 Å². The molecule has 0 bridgehead atoms. The van der Waals surface area contributed by atoms with Gasteiger partial charge >= 0.3 is 0 Å². The van der Waals surface area contributed by atoms with Gasteiger partial charge in [-0.1, -0.05) is 12.1 Å². The molecule has 1 amide bonds. The van der Waals surface area contributed by atoms with Gasteiger partial charge in [0.2, 0.25) is 5.91 Å². The van der Waals surface area contributed by atoms with Crippen LogP contribution in [0, 0.1) is 0 Å². The van der Waals surface area contributed by atoms with E-state index in [9.17, 15) is 4.79 Å². The lowest BCUT2D eigenvalue weighted by atomic mass is 10.2. The standard InChI is InChI=1S/C10H9N3OS/c14-9-5-7(12-13-9)10-11-6-3-1-2-4-8(6)15-10/h1-4,7,12H,5H2,(H,13,14). The number of fused-ring (bicyclic) bond motifs is 1. The number of hydrazine groups is 1. The predicted molar refractivity (Wildman–Crippen MR) is 58.3 cm³/mol. The number of thiazole rings is 1. The molecule has 1 saturated heterocycles. The lowest BCUT2D eigenvalue weighted by Gasteiger charge is -2.01. The molecule has 1 atom stereocenters. The average molecular weight is 219 g/mol. The van der Waals surface area contributed by atoms with Crippen molar-refractivity contribution in [3.8, 4) is 0 Å². The molecule has 1 aromatic carbocycles. The Labute approximate surface area is 90.3 Å². The Morgan fingerprint density at radius 2 is 2.27 bits per heavy atom. The quantitative estimate of drug-likeness (QED) is 0.761. The number of para-hydroxylation sites is 1. The molecular formula is C10H9N3OS. The zero-order chi connectivity index (χ0) is 10.3. The summed E-state index contributed by atoms with van der Waals surface area (Å²) in [5, 5.41) is 0.967. The van der Waals surface area contributed by atoms with E-state index in [0.29, 0.717) is 6.42 Å². The van der Waals surface area contributed by atoms with Crippen LogP contribution in [-0.2, 0) is 4.79 Å². The van der Waals surface area contributed by atoms with E-state index >= 15 is 0 Å². The van der Waals surface area contributed by atoms with Crippen molar-refractivity contribution in [3.63, 3.8) is 0 Å². The highest BCUT2D eigenvalue weighted by Crippen LogP contribution is 2.28. The SMILES string of the molecule is O=C1CC(c2nc3ccccc3s2)NN1. The summed E-state index contributed by atoms with van der Waals surface area (Å²) in [4.78, 5) is 15.5. The fourth-order valence-electron chi connectivity index (χ4n) is 1.64. The largest absolute Gasteiger partial charge is 0.291 e. The molecule has 1 aliphatic heterocycles. The van der Waals surface area contributed by atoms with Gasteiger partial charge in [0, 0.05) is 0 Å². The first-order chi connectivity index (χ1) is 7.33. The molecule has 1 unspecified atom stereocenters. The minimum absolute atomic E-state index is 0.0231. The van der Waals surface area contributed by atoms with Crippen molar-refractivity contribution in [2.24, 2.45) is 0 Å². The van der Waals surface area contributed by atoms with Crippen molar-refractivity contribution < 1.29 is 4.79 Å². The number of nitrogens with zero attached hydrogens (tertiary/aromatic N) is 1. The van der Waals surface area contributed by atoms with Crippen molar-refractivity contribution in [2.75, 3.05) is 0 Å². The Kier molecular flexibility index (Phi) is 1.93. The van der Waals surface area contributed by atoms with Gasteiger partial charge in [0.25, 0.3) is 0 Å². The highest BCUT2D eigenvalue weighted by atomic mass is 32.1. The third kappa shape index (κ3) is 1.49. The Morgan fingerprint density at radius 1 is 1.40 bits per heavy atom. The molecule has 0 saturated carbocycles. The van der Waals surface area contributed by atoms with Crippen LogP contribution in [0.5, 0.6) is 0 Å². The molecule has 1 aromatic heterocycles. The zero-order valence-corrected chi connectivity index (χ0v) is 8.67. The number of rotatable bonds is 1. The maximum Gasteiger partial charge on any atom is 0.236 e. The van der Waals surface area contributed by atoms with E-state index < -0.39 is 0 Å². The van der Waals surface area contributed by atoms with E-state index in [4.69, 9.17) is 0 Å². The van der Waals surface area contributed by atoms with Gasteiger partial charge in [-0.3, -0.25) is 10.2 Å². The van der Waals surface area contributed by atoms with Gasteiger partial charge in [-0.05, 0) is 12.1 Å². The summed E-state index contributed by atoms with van der Waals surface area (Å²) in [5.74, 6) is 0.0271. The molecule has 0 radical (unpaired) electrons. The van der Waals surface area contributed by atoms with Crippen molar-refractivity contribution in [3.05, 3.63) is 29.3 Å². The fraction of sp³-hybridized carbons (Fsp3) is 0.200. The predicted octanol–water partition coefficient (Wildman–Crippen LogP) is 1.36. The maximum atomic E-state index is 11.0. The van der Waals surface area contributed by atoms with Crippen LogP contribution in [0.1, 0.15) is 17.5 Å². The number of carbonyl (C=O) groups excluding carboxylic acids is 1. The van der Waals surface area contributed by atoms with Gasteiger partial charge in [0.1, 0.15) is 5.01 Å². The number of aromatic nitrogens is 1. The molecule has 1 aliphatic rings. The number of amides is 1. The minimum atomic E-state index is 0.0231. The molecule has 1 fully saturated rings. The van der Waals surface area contributed by atoms with Crippen LogP contribution >= 0.6 is 11.3 Å². The molecule has 0 aliphatic carbocycles. The molecule has 15 heavy (non-hydrogen) atoms. The summed E-state index contributed by atoms with van der Waals surface area (Å²) in [6, 6.07) is 8.02. The van der Waals surface area contributed by atoms with E-state index in [0.717, 1.165) is 15.2 Å². The van der Waals surface area contributed by atoms with Crippen LogP contribution in [0.25, 0.3) is 10.2 Å². The highest BCUT2D eigenvalue weighted by Gasteiger charge is 2.25. The van der Waals surface area contributed by atoms with E-state index in [1.807, 2.05) is 24.3 Å². The molecule has 3 rings (SSSR count). The summed E-state index contributed by atoms with van der Waals surface area (Å²) in [5.41, 5.74) is 6.52. The van der Waals surface area contributed by atoms with Crippen LogP contribution < -0.4 is 10.9 Å². The summed E-state index contributed by atoms with van der Waals surface area (Å²) in [6.45, 7) is 0. The van der Waals surface area contributed by atoms with Crippen molar-refractivity contribution in [1.82, 2.24) is 15.8 Å². The van der Waals surface area contributed by atoms with Crippen molar-refractivity contribution in [2.45, 2.75) is 12.5 Å². The molecule has 76 valence electrons. The first-order valence-corrected chi connectivity index (χ1v) is 5.54. The minimum Gasteiger partial charge on any atom is -0.291 e. The third-order valence-corrected chi connectivity index (χ3v) is 3.53. The van der Waals surface area contributed by atoms with Crippen molar-refractivity contribution in [1.29, 1.82) is 0 Å². The first-order valence-electron chi connectivity index (χ1n) is 4.73. The normalized spacial score (nSPS) is 20.8. The van der Waals surface area contributed by atoms with E-state index in [2.05, 4.69) is 15.8 Å². The lowest BCUT2D eigenvalue weighted by Crippen LogP contribution is -2.27. The summed E-state index contributed by atoms with van der Waals surface area (Å²) < 4.78 is 1.16. The third-order valence-electron chi connectivity index (χ3n) is 2.38. The van der Waals surface area contributed by atoms with Crippen LogP contribution in [0.15, 0.2) is 24.3 Å². The monoisotopic (exact) mass is 219 g/mol. The van der Waals surface area contributed by atoms with Gasteiger partial charge in [-0.15, -0.1) is 11.3 Å². The van der Waals surface area contributed by atoms with Crippen LogP contribution in [0.2, 0.25) is 0 Å². The topological polar surface area (TPSA) is 54.0 Å². The number of benzene rings is 1. The number of nitrogens with one attached hydrogen (secondary N) is 2. The Bertz CT molecular complexity index is 489. The Hall–Kier alpha value is -1.46. The summed E-state index contributed by atoms with van der Waals surface area (Å²) in [7, 11) is 0. The molecule has 2 N–H and O–H groups in total. The Morgan fingerprint density at radius 3 is 3.00 bits per heavy atom. The van der Waals surface area contributed by atoms with Gasteiger partial charge in [0.05, 0.1) is 22.7 Å². The number of hydrogen-bond donors (Lipinski definition) is 2. The number of hydrogen-bond acceptors (Lipinski definition) is 4. The van der Waals surface area contributed by atoms with Crippen molar-refractivity contribution >= 4 is 27.5 Å². The van der Waals surface area contributed by atoms with Crippen LogP contribution in [-0.4, -0.2) is 10.9 Å². The van der Waals surface area contributed by atoms with Gasteiger partial charge in [0.15, 0.2) is 0 Å². The van der Waals surface area contributed by atoms with Crippen LogP contribution in [0.4, 0.5) is 0 Å². The maximum absolute atomic E-state index is 11.0. The zero-order valence-electron chi connectivity index (χ0n) is 7.86. The molecule has 4 nitrogen and oxygen atoms in total. The highest BCUT2D eigenvalue weighted by molar-refractivity contribution is 7.18. The lowest BCUT2D eigenvalue weighted by molar-refractivity contribution is -0.119. The molecule has 2 aromatic rings. The van der Waals surface area contributed by atoms with Gasteiger partial charge in [-0.25, -0.2) is 10.4 Å². The second-order valence-corrected chi connectivity index (χ2v) is 4.53. The molecular weight excluding hydrogens is 210 g/mol. The molecule has 2 heterocycles. The second-order valence-electron chi connectivity index (χ2n) is 3.47. The molecule has 5 heteroatoms. The fourth-order valence-corrected chi connectivity index (χ4v) is 2.66. The van der Waals surface area contributed by atoms with Gasteiger partial charge < -0.3 is 0 Å².